The summed E-state index contributed by atoms with van der Waals surface area (Å²) in [6.07, 6.45) is 2.54. The number of carbonyl (C=O) groups is 3. The summed E-state index contributed by atoms with van der Waals surface area (Å²) >= 11 is 11.5. The van der Waals surface area contributed by atoms with Crippen molar-refractivity contribution in [1.82, 2.24) is 15.5 Å². The Morgan fingerprint density at radius 1 is 0.929 bits per heavy atom. The highest BCUT2D eigenvalue weighted by Gasteiger charge is 2.31. The Balaban J connectivity index is 0.000000261. The number of rotatable bonds is 5. The van der Waals surface area contributed by atoms with E-state index in [1.165, 1.54) is 17.0 Å². The Bertz CT molecular complexity index is 1270. The molecular weight excluding hydrogens is 578 g/mol. The largest absolute Gasteiger partial charge is 0.352 e. The number of benzene rings is 3. The molecule has 5 rings (SSSR count). The van der Waals surface area contributed by atoms with Crippen molar-refractivity contribution in [3.8, 4) is 0 Å². The number of carbonyl (C=O) groups excluding carboxylic acids is 3. The summed E-state index contributed by atoms with van der Waals surface area (Å²) < 4.78 is 12.1. The standard InChI is InChI=1S/C19H25ClN4O3.C7H7F.C6H5Cl/c20-14-2-1-3-16(10-14)23-19(27)13-4-5-18(26)24(11-13)12-17(25)22-15-6-8-21-9-7-15;1-6-2-4-7(8)5-3-6;7-6-4-2-1-3-5-6/h1-3,10,13,15,21H,4-9,11-12H2,(H,22,25)(H,23,27);2-5H,1H3;1-5H. The monoisotopic (exact) mass is 614 g/mol. The van der Waals surface area contributed by atoms with Crippen LogP contribution in [-0.4, -0.2) is 54.8 Å². The van der Waals surface area contributed by atoms with E-state index in [2.05, 4.69) is 16.0 Å². The first kappa shape index (κ1) is 33.0. The van der Waals surface area contributed by atoms with Crippen LogP contribution < -0.4 is 16.0 Å². The second kappa shape index (κ2) is 17.5. The van der Waals surface area contributed by atoms with Crippen molar-refractivity contribution in [2.24, 2.45) is 5.92 Å². The first-order chi connectivity index (χ1) is 20.2. The number of likely N-dealkylation sites (tertiary alicyclic amines) is 1. The molecule has 3 N–H and O–H groups in total. The number of hydrogen-bond donors (Lipinski definition) is 3. The van der Waals surface area contributed by atoms with Crippen LogP contribution in [0.2, 0.25) is 10.0 Å². The molecule has 0 aromatic heterocycles. The lowest BCUT2D eigenvalue weighted by Gasteiger charge is -2.32. The van der Waals surface area contributed by atoms with Crippen LogP contribution in [0, 0.1) is 18.7 Å². The van der Waals surface area contributed by atoms with Gasteiger partial charge in [0, 0.05) is 34.7 Å². The van der Waals surface area contributed by atoms with E-state index in [-0.39, 0.29) is 55.0 Å². The number of amides is 3. The lowest BCUT2D eigenvalue weighted by Crippen LogP contribution is -2.50. The molecule has 42 heavy (non-hydrogen) atoms. The van der Waals surface area contributed by atoms with Crippen molar-refractivity contribution in [3.05, 3.63) is 100 Å². The van der Waals surface area contributed by atoms with E-state index < -0.39 is 0 Å². The summed E-state index contributed by atoms with van der Waals surface area (Å²) in [5, 5.41) is 10.4. The summed E-state index contributed by atoms with van der Waals surface area (Å²) in [5.74, 6) is -0.911. The summed E-state index contributed by atoms with van der Waals surface area (Å²) in [5.41, 5.74) is 1.71. The molecule has 0 radical (unpaired) electrons. The summed E-state index contributed by atoms with van der Waals surface area (Å²) in [7, 11) is 0. The van der Waals surface area contributed by atoms with Crippen LogP contribution in [0.15, 0.2) is 78.9 Å². The Labute approximate surface area is 256 Å². The zero-order valence-electron chi connectivity index (χ0n) is 23.6. The van der Waals surface area contributed by atoms with Crippen LogP contribution in [0.5, 0.6) is 0 Å². The molecule has 2 aliphatic rings. The van der Waals surface area contributed by atoms with E-state index in [1.54, 1.807) is 36.4 Å². The number of hydrogen-bond acceptors (Lipinski definition) is 4. The molecule has 3 aromatic carbocycles. The van der Waals surface area contributed by atoms with Crippen LogP contribution in [0.3, 0.4) is 0 Å². The second-order valence-corrected chi connectivity index (χ2v) is 11.1. The molecule has 2 aliphatic heterocycles. The van der Waals surface area contributed by atoms with Gasteiger partial charge in [-0.15, -0.1) is 0 Å². The van der Waals surface area contributed by atoms with E-state index in [9.17, 15) is 18.8 Å². The molecule has 3 aromatic rings. The predicted molar refractivity (Wildman–Crippen MR) is 166 cm³/mol. The third-order valence-electron chi connectivity index (χ3n) is 6.75. The number of anilines is 1. The maximum Gasteiger partial charge on any atom is 0.239 e. The lowest BCUT2D eigenvalue weighted by molar-refractivity contribution is -0.141. The van der Waals surface area contributed by atoms with Gasteiger partial charge in [0.1, 0.15) is 5.82 Å². The fourth-order valence-corrected chi connectivity index (χ4v) is 4.79. The number of piperidine rings is 2. The van der Waals surface area contributed by atoms with Gasteiger partial charge in [-0.3, -0.25) is 14.4 Å². The van der Waals surface area contributed by atoms with E-state index in [1.807, 2.05) is 37.3 Å². The van der Waals surface area contributed by atoms with Crippen molar-refractivity contribution in [2.45, 2.75) is 38.6 Å². The second-order valence-electron chi connectivity index (χ2n) is 10.2. The SMILES string of the molecule is Cc1ccc(F)cc1.Clc1ccccc1.O=C(CN1CC(C(=O)Nc2cccc(Cl)c2)CCC1=O)NC1CCNCC1. The smallest absolute Gasteiger partial charge is 0.239 e. The van der Waals surface area contributed by atoms with Gasteiger partial charge in [0.15, 0.2) is 0 Å². The molecule has 1 unspecified atom stereocenters. The van der Waals surface area contributed by atoms with E-state index >= 15 is 0 Å². The maximum absolute atomic E-state index is 12.5. The molecule has 7 nitrogen and oxygen atoms in total. The van der Waals surface area contributed by atoms with E-state index in [0.29, 0.717) is 17.1 Å². The quantitative estimate of drug-likeness (QED) is 0.336. The topological polar surface area (TPSA) is 90.5 Å². The Morgan fingerprint density at radius 2 is 1.60 bits per heavy atom. The Morgan fingerprint density at radius 3 is 2.19 bits per heavy atom. The lowest BCUT2D eigenvalue weighted by atomic mass is 9.96. The van der Waals surface area contributed by atoms with Gasteiger partial charge in [0.25, 0.3) is 0 Å². The fourth-order valence-electron chi connectivity index (χ4n) is 4.45. The van der Waals surface area contributed by atoms with Gasteiger partial charge in [-0.2, -0.15) is 0 Å². The molecule has 224 valence electrons. The van der Waals surface area contributed by atoms with Crippen LogP contribution in [0.4, 0.5) is 10.1 Å². The van der Waals surface area contributed by atoms with Crippen molar-refractivity contribution in [2.75, 3.05) is 31.5 Å². The molecule has 2 fully saturated rings. The number of nitrogens with zero attached hydrogens (tertiary/aromatic N) is 1. The molecule has 3 amide bonds. The first-order valence-electron chi connectivity index (χ1n) is 14.0. The third kappa shape index (κ3) is 12.2. The van der Waals surface area contributed by atoms with Crippen molar-refractivity contribution >= 4 is 46.6 Å². The summed E-state index contributed by atoms with van der Waals surface area (Å²) in [4.78, 5) is 38.5. The zero-order chi connectivity index (χ0) is 30.3. The fraction of sp³-hybridized carbons (Fsp3) is 0.344. The minimum Gasteiger partial charge on any atom is -0.352 e. The Hall–Kier alpha value is -3.46. The first-order valence-corrected chi connectivity index (χ1v) is 14.7. The molecule has 1 atom stereocenters. The molecule has 0 aliphatic carbocycles. The highest BCUT2D eigenvalue weighted by Crippen LogP contribution is 2.21. The van der Waals surface area contributed by atoms with Crippen LogP contribution in [0.25, 0.3) is 0 Å². The van der Waals surface area contributed by atoms with Gasteiger partial charge in [-0.05, 0) is 81.7 Å². The van der Waals surface area contributed by atoms with Crippen molar-refractivity contribution in [3.63, 3.8) is 0 Å². The number of aryl methyl sites for hydroxylation is 1. The number of nitrogens with one attached hydrogen (secondary N) is 3. The van der Waals surface area contributed by atoms with Gasteiger partial charge in [-0.1, -0.05) is 65.2 Å². The molecule has 0 saturated carbocycles. The van der Waals surface area contributed by atoms with Gasteiger partial charge in [-0.25, -0.2) is 4.39 Å². The summed E-state index contributed by atoms with van der Waals surface area (Å²) in [6.45, 7) is 3.96. The predicted octanol–water partition coefficient (Wildman–Crippen LogP) is 5.86. The maximum atomic E-state index is 12.5. The highest BCUT2D eigenvalue weighted by atomic mass is 35.5. The molecule has 10 heteroatoms. The van der Waals surface area contributed by atoms with Crippen molar-refractivity contribution in [1.29, 1.82) is 0 Å². The molecule has 0 bridgehead atoms. The molecule has 2 heterocycles. The van der Waals surface area contributed by atoms with E-state index in [4.69, 9.17) is 23.2 Å². The average molecular weight is 616 g/mol. The Kier molecular flexibility index (Phi) is 13.8. The molecule has 2 saturated heterocycles. The third-order valence-corrected chi connectivity index (χ3v) is 7.23. The average Bonchev–Trinajstić information content (AvgIpc) is 2.97. The minimum atomic E-state index is -0.339. The normalized spacial score (nSPS) is 16.7. The summed E-state index contributed by atoms with van der Waals surface area (Å²) in [6, 6.07) is 22.9. The molecular formula is C32H37Cl2FN4O3. The van der Waals surface area contributed by atoms with Gasteiger partial charge in [0.2, 0.25) is 17.7 Å². The highest BCUT2D eigenvalue weighted by molar-refractivity contribution is 6.31. The van der Waals surface area contributed by atoms with Crippen LogP contribution >= 0.6 is 23.2 Å². The van der Waals surface area contributed by atoms with E-state index in [0.717, 1.165) is 36.5 Å². The van der Waals surface area contributed by atoms with Gasteiger partial charge < -0.3 is 20.9 Å². The van der Waals surface area contributed by atoms with Gasteiger partial charge >= 0.3 is 0 Å². The van der Waals surface area contributed by atoms with Crippen LogP contribution in [0.1, 0.15) is 31.2 Å². The van der Waals surface area contributed by atoms with Gasteiger partial charge in [0.05, 0.1) is 12.5 Å². The minimum absolute atomic E-state index is 0.00368. The number of halogens is 3. The zero-order valence-corrected chi connectivity index (χ0v) is 25.1. The van der Waals surface area contributed by atoms with Crippen molar-refractivity contribution < 1.29 is 18.8 Å². The van der Waals surface area contributed by atoms with Crippen LogP contribution in [-0.2, 0) is 14.4 Å². The molecule has 0 spiro atoms.